The minimum absolute atomic E-state index is 0.00160. The highest BCUT2D eigenvalue weighted by molar-refractivity contribution is 7.90. The van der Waals surface area contributed by atoms with Crippen LogP contribution in [0.1, 0.15) is 36.6 Å². The second-order valence-electron chi connectivity index (χ2n) is 7.92. The number of aromatic nitrogens is 1. The summed E-state index contributed by atoms with van der Waals surface area (Å²) >= 11 is 0. The number of hydrogen-bond acceptors (Lipinski definition) is 6. The van der Waals surface area contributed by atoms with Gasteiger partial charge in [-0.2, -0.15) is 0 Å². The highest BCUT2D eigenvalue weighted by Crippen LogP contribution is 2.42. The summed E-state index contributed by atoms with van der Waals surface area (Å²) in [6.45, 7) is 6.36. The second kappa shape index (κ2) is 8.52. The number of benzene rings is 2. The third-order valence-electron chi connectivity index (χ3n) is 5.61. The fourth-order valence-corrected chi connectivity index (χ4v) is 5.36. The molecule has 3 aromatic rings. The smallest absolute Gasteiger partial charge is 0.270 e. The van der Waals surface area contributed by atoms with E-state index in [0.717, 1.165) is 11.3 Å². The van der Waals surface area contributed by atoms with Gasteiger partial charge in [0.2, 0.25) is 0 Å². The Balaban J connectivity index is 1.76. The second-order valence-corrected chi connectivity index (χ2v) is 9.57. The maximum Gasteiger partial charge on any atom is 0.270 e. The van der Waals surface area contributed by atoms with Crippen molar-refractivity contribution in [1.29, 1.82) is 0 Å². The van der Waals surface area contributed by atoms with Gasteiger partial charge >= 0.3 is 0 Å². The molecular weight excluding hydrogens is 428 g/mol. The lowest BCUT2D eigenvalue weighted by Crippen LogP contribution is -2.46. The zero-order valence-corrected chi connectivity index (χ0v) is 19.2. The van der Waals surface area contributed by atoms with Crippen LogP contribution in [-0.4, -0.2) is 32.5 Å². The van der Waals surface area contributed by atoms with E-state index in [1.807, 2.05) is 32.9 Å². The highest BCUT2D eigenvalue weighted by Gasteiger charge is 2.48. The number of rotatable bonds is 6. The summed E-state index contributed by atoms with van der Waals surface area (Å²) < 4.78 is 40.6. The first-order valence-corrected chi connectivity index (χ1v) is 12.1. The predicted octanol–water partition coefficient (Wildman–Crippen LogP) is 3.76. The number of hydrogen-bond donors (Lipinski definition) is 1. The molecule has 0 saturated carbocycles. The average molecular weight is 455 g/mol. The normalized spacial score (nSPS) is 18.6. The SMILES string of the molecule is CCOc1ccc(C)cc1[C@@]1(C(=O)NS(=O)(=O)c2cccc3nc(C)ccc23)CCCO1. The van der Waals surface area contributed by atoms with Crippen molar-refractivity contribution in [3.05, 3.63) is 65.4 Å². The summed E-state index contributed by atoms with van der Waals surface area (Å²) in [4.78, 5) is 17.9. The minimum atomic E-state index is -4.18. The van der Waals surface area contributed by atoms with Gasteiger partial charge in [-0.3, -0.25) is 9.78 Å². The van der Waals surface area contributed by atoms with Gasteiger partial charge in [-0.05, 0) is 70.0 Å². The zero-order valence-electron chi connectivity index (χ0n) is 18.3. The number of pyridine rings is 1. The molecule has 0 spiro atoms. The van der Waals surface area contributed by atoms with Gasteiger partial charge in [-0.1, -0.05) is 17.7 Å². The van der Waals surface area contributed by atoms with Crippen LogP contribution in [0.5, 0.6) is 5.75 Å². The van der Waals surface area contributed by atoms with Crippen LogP contribution in [0.15, 0.2) is 53.4 Å². The zero-order chi connectivity index (χ0) is 22.9. The number of ether oxygens (including phenoxy) is 2. The van der Waals surface area contributed by atoms with Crippen molar-refractivity contribution in [2.24, 2.45) is 0 Å². The molecule has 1 amide bonds. The van der Waals surface area contributed by atoms with Crippen LogP contribution >= 0.6 is 0 Å². The lowest BCUT2D eigenvalue weighted by atomic mass is 9.88. The Labute approximate surface area is 187 Å². The van der Waals surface area contributed by atoms with Gasteiger partial charge in [0.25, 0.3) is 15.9 Å². The van der Waals surface area contributed by atoms with E-state index in [2.05, 4.69) is 9.71 Å². The van der Waals surface area contributed by atoms with E-state index >= 15 is 0 Å². The molecule has 1 saturated heterocycles. The van der Waals surface area contributed by atoms with Crippen molar-refractivity contribution in [3.8, 4) is 5.75 Å². The van der Waals surface area contributed by atoms with Crippen molar-refractivity contribution < 1.29 is 22.7 Å². The first-order valence-electron chi connectivity index (χ1n) is 10.6. The molecule has 1 aliphatic rings. The standard InChI is InChI=1S/C24H26N2O5S/c1-4-30-21-12-9-16(2)15-19(21)24(13-6-14-31-24)23(27)26-32(28,29)22-8-5-7-20-18(22)11-10-17(3)25-20/h5,7-12,15H,4,6,13-14H2,1-3H3,(H,26,27)/t24-/m1/s1. The fraction of sp³-hybridized carbons (Fsp3) is 0.333. The molecule has 1 atom stereocenters. The molecule has 1 N–H and O–H groups in total. The van der Waals surface area contributed by atoms with Crippen LogP contribution in [0.3, 0.4) is 0 Å². The van der Waals surface area contributed by atoms with Gasteiger partial charge in [0, 0.05) is 23.3 Å². The molecule has 2 aromatic carbocycles. The number of nitrogens with one attached hydrogen (secondary N) is 1. The van der Waals surface area contributed by atoms with Crippen molar-refractivity contribution in [2.45, 2.75) is 44.1 Å². The Bertz CT molecular complexity index is 1280. The number of nitrogens with zero attached hydrogens (tertiary/aromatic N) is 1. The summed E-state index contributed by atoms with van der Waals surface area (Å²) in [5.74, 6) is -0.212. The van der Waals surface area contributed by atoms with Crippen LogP contribution in [0.2, 0.25) is 0 Å². The van der Waals surface area contributed by atoms with Crippen molar-refractivity contribution >= 4 is 26.8 Å². The molecule has 8 heteroatoms. The first kappa shape index (κ1) is 22.2. The van der Waals surface area contributed by atoms with Gasteiger partial charge in [0.15, 0.2) is 5.60 Å². The van der Waals surface area contributed by atoms with Crippen LogP contribution < -0.4 is 9.46 Å². The molecular formula is C24H26N2O5S. The lowest BCUT2D eigenvalue weighted by molar-refractivity contribution is -0.140. The molecule has 4 rings (SSSR count). The maximum atomic E-state index is 13.5. The van der Waals surface area contributed by atoms with E-state index in [1.165, 1.54) is 6.07 Å². The third-order valence-corrected chi connectivity index (χ3v) is 7.00. The van der Waals surface area contributed by atoms with E-state index in [9.17, 15) is 13.2 Å². The molecule has 32 heavy (non-hydrogen) atoms. The molecule has 1 aliphatic heterocycles. The molecule has 1 aromatic heterocycles. The molecule has 1 fully saturated rings. The average Bonchev–Trinajstić information content (AvgIpc) is 3.25. The Kier molecular flexibility index (Phi) is 5.92. The topological polar surface area (TPSA) is 94.6 Å². The number of fused-ring (bicyclic) bond motifs is 1. The number of aryl methyl sites for hydroxylation is 2. The number of amides is 1. The summed E-state index contributed by atoms with van der Waals surface area (Å²) in [6, 6.07) is 13.8. The number of sulfonamides is 1. The molecule has 0 unspecified atom stereocenters. The molecule has 2 heterocycles. The Morgan fingerprint density at radius 3 is 2.72 bits per heavy atom. The van der Waals surface area contributed by atoms with Gasteiger partial charge < -0.3 is 9.47 Å². The van der Waals surface area contributed by atoms with E-state index < -0.39 is 21.5 Å². The van der Waals surface area contributed by atoms with Gasteiger partial charge in [0.05, 0.1) is 17.0 Å². The van der Waals surface area contributed by atoms with Crippen LogP contribution in [0.4, 0.5) is 0 Å². The summed E-state index contributed by atoms with van der Waals surface area (Å²) in [6.07, 6.45) is 0.985. The van der Waals surface area contributed by atoms with E-state index in [4.69, 9.17) is 9.47 Å². The lowest BCUT2D eigenvalue weighted by Gasteiger charge is -2.29. The maximum absolute atomic E-state index is 13.5. The summed E-state index contributed by atoms with van der Waals surface area (Å²) in [7, 11) is -4.18. The van der Waals surface area contributed by atoms with Crippen molar-refractivity contribution in [1.82, 2.24) is 9.71 Å². The van der Waals surface area contributed by atoms with Crippen LogP contribution in [0, 0.1) is 13.8 Å². The minimum Gasteiger partial charge on any atom is -0.493 e. The monoisotopic (exact) mass is 454 g/mol. The van der Waals surface area contributed by atoms with Gasteiger partial charge in [0.1, 0.15) is 5.75 Å². The van der Waals surface area contributed by atoms with Crippen LogP contribution in [-0.2, 0) is 25.2 Å². The largest absolute Gasteiger partial charge is 0.493 e. The molecule has 0 bridgehead atoms. The first-order chi connectivity index (χ1) is 15.3. The van der Waals surface area contributed by atoms with E-state index in [0.29, 0.717) is 48.3 Å². The quantitative estimate of drug-likeness (QED) is 0.609. The van der Waals surface area contributed by atoms with Crippen molar-refractivity contribution in [2.75, 3.05) is 13.2 Å². The molecule has 7 nitrogen and oxygen atoms in total. The Morgan fingerprint density at radius 2 is 2.00 bits per heavy atom. The number of carbonyl (C=O) groups excluding carboxylic acids is 1. The van der Waals surface area contributed by atoms with Crippen LogP contribution in [0.25, 0.3) is 10.9 Å². The van der Waals surface area contributed by atoms with Gasteiger partial charge in [-0.25, -0.2) is 13.1 Å². The van der Waals surface area contributed by atoms with Crippen molar-refractivity contribution in [3.63, 3.8) is 0 Å². The highest BCUT2D eigenvalue weighted by atomic mass is 32.2. The van der Waals surface area contributed by atoms with Gasteiger partial charge in [-0.15, -0.1) is 0 Å². The summed E-state index contributed by atoms with van der Waals surface area (Å²) in [5, 5.41) is 0.449. The Hall–Kier alpha value is -2.97. The number of carbonyl (C=O) groups is 1. The van der Waals surface area contributed by atoms with E-state index in [1.54, 1.807) is 30.3 Å². The Morgan fingerprint density at radius 1 is 1.19 bits per heavy atom. The fourth-order valence-electron chi connectivity index (χ4n) is 4.12. The third kappa shape index (κ3) is 3.96. The molecule has 0 aliphatic carbocycles. The summed E-state index contributed by atoms with van der Waals surface area (Å²) in [5.41, 5.74) is 1.34. The molecule has 168 valence electrons. The van der Waals surface area contributed by atoms with E-state index in [-0.39, 0.29) is 4.90 Å². The molecule has 0 radical (unpaired) electrons. The predicted molar refractivity (Wildman–Crippen MR) is 121 cm³/mol.